The second kappa shape index (κ2) is 5.76. The lowest BCUT2D eigenvalue weighted by molar-refractivity contribution is 0.394. The van der Waals surface area contributed by atoms with Gasteiger partial charge in [-0.1, -0.05) is 25.1 Å². The molecular formula is C13H21NO. The summed E-state index contributed by atoms with van der Waals surface area (Å²) in [7, 11) is 1.72. The number of para-hydroxylation sites is 1. The molecule has 1 aromatic carbocycles. The number of nitrogens with one attached hydrogen (secondary N) is 1. The van der Waals surface area contributed by atoms with E-state index in [0.29, 0.717) is 12.1 Å². The summed E-state index contributed by atoms with van der Waals surface area (Å²) in [6.07, 6.45) is 1.14. The van der Waals surface area contributed by atoms with Gasteiger partial charge in [0.15, 0.2) is 0 Å². The van der Waals surface area contributed by atoms with E-state index in [0.717, 1.165) is 12.2 Å². The molecule has 0 spiro atoms. The molecule has 0 saturated carbocycles. The summed E-state index contributed by atoms with van der Waals surface area (Å²) >= 11 is 0. The van der Waals surface area contributed by atoms with Crippen molar-refractivity contribution < 1.29 is 4.74 Å². The first-order valence-corrected chi connectivity index (χ1v) is 5.58. The zero-order valence-corrected chi connectivity index (χ0v) is 10.1. The lowest BCUT2D eigenvalue weighted by Gasteiger charge is -2.20. The minimum absolute atomic E-state index is 0.330. The summed E-state index contributed by atoms with van der Waals surface area (Å²) in [4.78, 5) is 0. The molecule has 0 aromatic heterocycles. The molecule has 0 fully saturated rings. The van der Waals surface area contributed by atoms with Crippen LogP contribution in [0.1, 0.15) is 38.8 Å². The largest absolute Gasteiger partial charge is 0.496 e. The molecule has 1 rings (SSSR count). The molecule has 0 radical (unpaired) electrons. The van der Waals surface area contributed by atoms with Gasteiger partial charge in [-0.15, -0.1) is 0 Å². The summed E-state index contributed by atoms with van der Waals surface area (Å²) in [5, 5.41) is 3.54. The van der Waals surface area contributed by atoms with Gasteiger partial charge in [0.25, 0.3) is 0 Å². The fourth-order valence-corrected chi connectivity index (χ4v) is 1.66. The van der Waals surface area contributed by atoms with E-state index < -0.39 is 0 Å². The standard InChI is InChI=1S/C13H21NO/c1-5-10(2)14-11(3)12-8-6-7-9-13(12)15-4/h6-11,14H,5H2,1-4H3/t10-,11-/m1/s1. The van der Waals surface area contributed by atoms with Crippen LogP contribution in [0, 0.1) is 0 Å². The van der Waals surface area contributed by atoms with Gasteiger partial charge in [0, 0.05) is 17.6 Å². The number of benzene rings is 1. The molecule has 0 saturated heterocycles. The van der Waals surface area contributed by atoms with Gasteiger partial charge < -0.3 is 10.1 Å². The Balaban J connectivity index is 2.76. The van der Waals surface area contributed by atoms with Crippen LogP contribution in [0.15, 0.2) is 24.3 Å². The van der Waals surface area contributed by atoms with Gasteiger partial charge in [0.05, 0.1) is 7.11 Å². The Hall–Kier alpha value is -1.02. The lowest BCUT2D eigenvalue weighted by atomic mass is 10.1. The summed E-state index contributed by atoms with van der Waals surface area (Å²) in [6.45, 7) is 6.56. The van der Waals surface area contributed by atoms with Crippen molar-refractivity contribution in [1.29, 1.82) is 0 Å². The maximum absolute atomic E-state index is 5.34. The molecule has 0 heterocycles. The molecular weight excluding hydrogens is 186 g/mol. The minimum atomic E-state index is 0.330. The lowest BCUT2D eigenvalue weighted by Crippen LogP contribution is -2.28. The number of hydrogen-bond donors (Lipinski definition) is 1. The Kier molecular flexibility index (Phi) is 4.63. The first kappa shape index (κ1) is 12.1. The molecule has 0 unspecified atom stereocenters. The molecule has 0 aliphatic heterocycles. The van der Waals surface area contributed by atoms with E-state index in [1.807, 2.05) is 18.2 Å². The van der Waals surface area contributed by atoms with Crippen molar-refractivity contribution in [3.05, 3.63) is 29.8 Å². The van der Waals surface area contributed by atoms with Crippen molar-refractivity contribution in [3.63, 3.8) is 0 Å². The molecule has 1 aromatic rings. The highest BCUT2D eigenvalue weighted by molar-refractivity contribution is 5.35. The van der Waals surface area contributed by atoms with Gasteiger partial charge in [-0.2, -0.15) is 0 Å². The summed E-state index contributed by atoms with van der Waals surface area (Å²) in [5.41, 5.74) is 1.22. The predicted molar refractivity (Wildman–Crippen MR) is 64.3 cm³/mol. The van der Waals surface area contributed by atoms with Crippen LogP contribution >= 0.6 is 0 Å². The van der Waals surface area contributed by atoms with Gasteiger partial charge in [-0.05, 0) is 26.3 Å². The number of hydrogen-bond acceptors (Lipinski definition) is 2. The predicted octanol–water partition coefficient (Wildman–Crippen LogP) is 3.14. The van der Waals surface area contributed by atoms with Crippen LogP contribution in [0.3, 0.4) is 0 Å². The van der Waals surface area contributed by atoms with E-state index in [1.54, 1.807) is 7.11 Å². The third kappa shape index (κ3) is 3.24. The highest BCUT2D eigenvalue weighted by Gasteiger charge is 2.11. The zero-order valence-electron chi connectivity index (χ0n) is 10.1. The maximum atomic E-state index is 5.34. The Morgan fingerprint density at radius 3 is 2.53 bits per heavy atom. The van der Waals surface area contributed by atoms with E-state index >= 15 is 0 Å². The first-order valence-electron chi connectivity index (χ1n) is 5.58. The van der Waals surface area contributed by atoms with Crippen LogP contribution in [0.25, 0.3) is 0 Å². The smallest absolute Gasteiger partial charge is 0.123 e. The molecule has 2 atom stereocenters. The average molecular weight is 207 g/mol. The molecule has 0 aliphatic carbocycles. The molecule has 1 N–H and O–H groups in total. The molecule has 0 aliphatic rings. The van der Waals surface area contributed by atoms with Crippen LogP contribution < -0.4 is 10.1 Å². The minimum Gasteiger partial charge on any atom is -0.496 e. The highest BCUT2D eigenvalue weighted by Crippen LogP contribution is 2.24. The monoisotopic (exact) mass is 207 g/mol. The first-order chi connectivity index (χ1) is 7.19. The Morgan fingerprint density at radius 1 is 1.27 bits per heavy atom. The topological polar surface area (TPSA) is 21.3 Å². The summed E-state index contributed by atoms with van der Waals surface area (Å²) in [6, 6.07) is 9.02. The molecule has 2 heteroatoms. The average Bonchev–Trinajstić information content (AvgIpc) is 2.28. The van der Waals surface area contributed by atoms with Crippen LogP contribution in [0.5, 0.6) is 5.75 Å². The second-order valence-electron chi connectivity index (χ2n) is 3.94. The van der Waals surface area contributed by atoms with Crippen molar-refractivity contribution in [3.8, 4) is 5.75 Å². The van der Waals surface area contributed by atoms with Crippen molar-refractivity contribution >= 4 is 0 Å². The van der Waals surface area contributed by atoms with E-state index in [4.69, 9.17) is 4.74 Å². The highest BCUT2D eigenvalue weighted by atomic mass is 16.5. The van der Waals surface area contributed by atoms with Crippen LogP contribution in [-0.4, -0.2) is 13.2 Å². The second-order valence-corrected chi connectivity index (χ2v) is 3.94. The Morgan fingerprint density at radius 2 is 1.93 bits per heavy atom. The van der Waals surface area contributed by atoms with E-state index in [2.05, 4.69) is 32.2 Å². The van der Waals surface area contributed by atoms with Crippen molar-refractivity contribution in [1.82, 2.24) is 5.32 Å². The van der Waals surface area contributed by atoms with Crippen LogP contribution in [0.4, 0.5) is 0 Å². The van der Waals surface area contributed by atoms with Gasteiger partial charge in [-0.3, -0.25) is 0 Å². The fraction of sp³-hybridized carbons (Fsp3) is 0.538. The zero-order chi connectivity index (χ0) is 11.3. The van der Waals surface area contributed by atoms with Gasteiger partial charge >= 0.3 is 0 Å². The van der Waals surface area contributed by atoms with Crippen LogP contribution in [0.2, 0.25) is 0 Å². The van der Waals surface area contributed by atoms with E-state index in [9.17, 15) is 0 Å². The van der Waals surface area contributed by atoms with Crippen molar-refractivity contribution in [2.75, 3.05) is 7.11 Å². The molecule has 0 bridgehead atoms. The Labute approximate surface area is 92.6 Å². The molecule has 2 nitrogen and oxygen atoms in total. The van der Waals surface area contributed by atoms with Crippen molar-refractivity contribution in [2.24, 2.45) is 0 Å². The molecule has 15 heavy (non-hydrogen) atoms. The third-order valence-electron chi connectivity index (χ3n) is 2.75. The number of ether oxygens (including phenoxy) is 1. The van der Waals surface area contributed by atoms with Crippen LogP contribution in [-0.2, 0) is 0 Å². The van der Waals surface area contributed by atoms with E-state index in [1.165, 1.54) is 5.56 Å². The number of methoxy groups -OCH3 is 1. The quantitative estimate of drug-likeness (QED) is 0.801. The fourth-order valence-electron chi connectivity index (χ4n) is 1.66. The molecule has 84 valence electrons. The third-order valence-corrected chi connectivity index (χ3v) is 2.75. The SMILES string of the molecule is CC[C@@H](C)N[C@H](C)c1ccccc1OC. The Bertz CT molecular complexity index is 298. The molecule has 0 amide bonds. The summed E-state index contributed by atoms with van der Waals surface area (Å²) < 4.78 is 5.34. The van der Waals surface area contributed by atoms with Crippen molar-refractivity contribution in [2.45, 2.75) is 39.3 Å². The maximum Gasteiger partial charge on any atom is 0.123 e. The number of rotatable bonds is 5. The van der Waals surface area contributed by atoms with Gasteiger partial charge in [0.1, 0.15) is 5.75 Å². The van der Waals surface area contributed by atoms with Gasteiger partial charge in [-0.25, -0.2) is 0 Å². The van der Waals surface area contributed by atoms with Gasteiger partial charge in [0.2, 0.25) is 0 Å². The van der Waals surface area contributed by atoms with E-state index in [-0.39, 0.29) is 0 Å². The normalized spacial score (nSPS) is 14.7. The summed E-state index contributed by atoms with van der Waals surface area (Å²) in [5.74, 6) is 0.959.